The molecule has 0 amide bonds. The Bertz CT molecular complexity index is 1670. The van der Waals surface area contributed by atoms with E-state index < -0.39 is 0 Å². The molecule has 0 saturated heterocycles. The van der Waals surface area contributed by atoms with Gasteiger partial charge in [0.05, 0.1) is 6.04 Å². The van der Waals surface area contributed by atoms with E-state index in [1.807, 2.05) is 18.2 Å². The number of aryl methyl sites for hydroxylation is 1. The van der Waals surface area contributed by atoms with Gasteiger partial charge in [-0.25, -0.2) is 0 Å². The van der Waals surface area contributed by atoms with E-state index in [9.17, 15) is 0 Å². The van der Waals surface area contributed by atoms with E-state index in [4.69, 9.17) is 5.73 Å². The fourth-order valence-corrected chi connectivity index (χ4v) is 5.40. The highest BCUT2D eigenvalue weighted by Gasteiger charge is 2.16. The number of hydrogen-bond acceptors (Lipinski definition) is 1. The van der Waals surface area contributed by atoms with Crippen LogP contribution < -0.4 is 5.73 Å². The third kappa shape index (κ3) is 6.38. The molecule has 0 bridgehead atoms. The molecule has 6 rings (SSSR count). The molecule has 1 nitrogen and oxygen atoms in total. The summed E-state index contributed by atoms with van der Waals surface area (Å²) in [5, 5.41) is 0. The van der Waals surface area contributed by atoms with Crippen molar-refractivity contribution in [2.45, 2.75) is 25.3 Å². The first-order valence-electron chi connectivity index (χ1n) is 14.4. The lowest BCUT2D eigenvalue weighted by Gasteiger charge is -2.21. The average molecular weight is 530 g/mol. The van der Waals surface area contributed by atoms with Gasteiger partial charge in [-0.3, -0.25) is 0 Å². The molecule has 2 unspecified atom stereocenters. The van der Waals surface area contributed by atoms with E-state index in [1.54, 1.807) is 0 Å². The van der Waals surface area contributed by atoms with Crippen molar-refractivity contribution in [1.82, 2.24) is 0 Å². The molecule has 0 saturated carbocycles. The zero-order valence-electron chi connectivity index (χ0n) is 23.5. The van der Waals surface area contributed by atoms with E-state index in [0.717, 1.165) is 12.0 Å². The van der Waals surface area contributed by atoms with E-state index in [0.29, 0.717) is 5.92 Å². The van der Waals surface area contributed by atoms with Crippen molar-refractivity contribution >= 4 is 12.2 Å². The first-order chi connectivity index (χ1) is 20.1. The van der Waals surface area contributed by atoms with Gasteiger partial charge in [-0.15, -0.1) is 0 Å². The second kappa shape index (κ2) is 12.2. The Morgan fingerprint density at radius 2 is 1.10 bits per heavy atom. The van der Waals surface area contributed by atoms with Gasteiger partial charge in [0.25, 0.3) is 0 Å². The maximum atomic E-state index is 6.51. The summed E-state index contributed by atoms with van der Waals surface area (Å²) < 4.78 is 0. The van der Waals surface area contributed by atoms with Gasteiger partial charge in [0.1, 0.15) is 0 Å². The fourth-order valence-electron chi connectivity index (χ4n) is 5.40. The number of allylic oxidation sites excluding steroid dienone is 2. The second-order valence-corrected chi connectivity index (χ2v) is 10.9. The Labute approximate surface area is 244 Å². The standard InChI is InChI=1S/C40H35N/c1-29-7-9-30(10-8-29)11-12-31-13-15-32(16-14-31)33-17-19-34(20-18-33)35-21-23-36(24-22-35)37-25-27-39(28-26-37)40(41)38-5-3-2-4-6-38/h2-25,27-28,37,40H,26,41H2,1H3. The number of hydrogen-bond donors (Lipinski definition) is 1. The van der Waals surface area contributed by atoms with E-state index in [1.165, 1.54) is 50.1 Å². The molecule has 1 aliphatic rings. The zero-order chi connectivity index (χ0) is 28.0. The molecule has 2 N–H and O–H groups in total. The van der Waals surface area contributed by atoms with Gasteiger partial charge < -0.3 is 5.73 Å². The van der Waals surface area contributed by atoms with Crippen molar-refractivity contribution in [2.75, 3.05) is 0 Å². The van der Waals surface area contributed by atoms with Gasteiger partial charge in [0.2, 0.25) is 0 Å². The van der Waals surface area contributed by atoms with E-state index >= 15 is 0 Å². The molecule has 2 atom stereocenters. The molecule has 0 aliphatic heterocycles. The van der Waals surface area contributed by atoms with Crippen molar-refractivity contribution in [3.8, 4) is 22.3 Å². The summed E-state index contributed by atoms with van der Waals surface area (Å²) in [5.41, 5.74) is 18.8. The number of benzene rings is 5. The van der Waals surface area contributed by atoms with Gasteiger partial charge in [0, 0.05) is 5.92 Å². The highest BCUT2D eigenvalue weighted by Crippen LogP contribution is 2.33. The highest BCUT2D eigenvalue weighted by molar-refractivity contribution is 5.74. The molecular weight excluding hydrogens is 494 g/mol. The average Bonchev–Trinajstić information content (AvgIpc) is 3.05. The summed E-state index contributed by atoms with van der Waals surface area (Å²) in [4.78, 5) is 0. The van der Waals surface area contributed by atoms with E-state index in [-0.39, 0.29) is 6.04 Å². The SMILES string of the molecule is Cc1ccc(C=Cc2ccc(-c3ccc(-c4ccc(C5C=CC(C(N)c6ccccc6)=CC5)cc4)cc3)cc2)cc1. The van der Waals surface area contributed by atoms with Crippen LogP contribution in [0.3, 0.4) is 0 Å². The largest absolute Gasteiger partial charge is 0.320 e. The first-order valence-corrected chi connectivity index (χ1v) is 14.4. The maximum Gasteiger partial charge on any atom is 0.0548 e. The van der Waals surface area contributed by atoms with Gasteiger partial charge >= 0.3 is 0 Å². The number of rotatable bonds is 7. The van der Waals surface area contributed by atoms with Crippen LogP contribution in [0.4, 0.5) is 0 Å². The molecule has 1 heteroatoms. The summed E-state index contributed by atoms with van der Waals surface area (Å²) in [6.07, 6.45) is 12.1. The zero-order valence-corrected chi connectivity index (χ0v) is 23.5. The second-order valence-electron chi connectivity index (χ2n) is 10.9. The van der Waals surface area contributed by atoms with Crippen LogP contribution >= 0.6 is 0 Å². The van der Waals surface area contributed by atoms with Gasteiger partial charge in [-0.1, -0.05) is 163 Å². The molecule has 0 heterocycles. The monoisotopic (exact) mass is 529 g/mol. The third-order valence-electron chi connectivity index (χ3n) is 7.99. The molecule has 5 aromatic rings. The lowest BCUT2D eigenvalue weighted by atomic mass is 9.86. The summed E-state index contributed by atoms with van der Waals surface area (Å²) >= 11 is 0. The predicted octanol–water partition coefficient (Wildman–Crippen LogP) is 10.2. The molecule has 0 fully saturated rings. The van der Waals surface area contributed by atoms with Gasteiger partial charge in [0.15, 0.2) is 0 Å². The molecule has 0 spiro atoms. The molecular formula is C40H35N. The van der Waals surface area contributed by atoms with Crippen LogP contribution in [0.5, 0.6) is 0 Å². The van der Waals surface area contributed by atoms with Crippen LogP contribution in [0.1, 0.15) is 46.2 Å². The maximum absolute atomic E-state index is 6.51. The van der Waals surface area contributed by atoms with Crippen LogP contribution in [-0.2, 0) is 0 Å². The Morgan fingerprint density at radius 1 is 0.610 bits per heavy atom. The minimum absolute atomic E-state index is 0.0717. The Kier molecular flexibility index (Phi) is 7.89. The quantitative estimate of drug-likeness (QED) is 0.209. The smallest absolute Gasteiger partial charge is 0.0548 e. The first kappa shape index (κ1) is 26.5. The topological polar surface area (TPSA) is 26.0 Å². The summed E-state index contributed by atoms with van der Waals surface area (Å²) in [7, 11) is 0. The fraction of sp³-hybridized carbons (Fsp3) is 0.100. The van der Waals surface area contributed by atoms with Crippen molar-refractivity contribution in [3.05, 3.63) is 179 Å². The van der Waals surface area contributed by atoms with Crippen LogP contribution in [0, 0.1) is 6.92 Å². The summed E-state index contributed by atoms with van der Waals surface area (Å²) in [6.45, 7) is 2.11. The summed E-state index contributed by atoms with van der Waals surface area (Å²) in [5.74, 6) is 0.382. The Hall–Kier alpha value is -4.72. The van der Waals surface area contributed by atoms with Gasteiger partial charge in [-0.05, 0) is 63.4 Å². The highest BCUT2D eigenvalue weighted by atomic mass is 14.6. The van der Waals surface area contributed by atoms with Crippen LogP contribution in [0.15, 0.2) is 151 Å². The minimum Gasteiger partial charge on any atom is -0.320 e. The number of nitrogens with two attached hydrogens (primary N) is 1. The van der Waals surface area contributed by atoms with Crippen molar-refractivity contribution in [1.29, 1.82) is 0 Å². The van der Waals surface area contributed by atoms with Crippen LogP contribution in [0.25, 0.3) is 34.4 Å². The van der Waals surface area contributed by atoms with Crippen molar-refractivity contribution < 1.29 is 0 Å². The molecule has 41 heavy (non-hydrogen) atoms. The molecule has 0 aromatic heterocycles. The van der Waals surface area contributed by atoms with Crippen LogP contribution in [-0.4, -0.2) is 0 Å². The Morgan fingerprint density at radius 3 is 1.61 bits per heavy atom. The molecule has 200 valence electrons. The minimum atomic E-state index is -0.0717. The Balaban J connectivity index is 1.08. The third-order valence-corrected chi connectivity index (χ3v) is 7.99. The lowest BCUT2D eigenvalue weighted by Crippen LogP contribution is -2.14. The molecule has 5 aromatic carbocycles. The van der Waals surface area contributed by atoms with Crippen molar-refractivity contribution in [2.24, 2.45) is 5.73 Å². The van der Waals surface area contributed by atoms with Gasteiger partial charge in [-0.2, -0.15) is 0 Å². The summed E-state index contributed by atoms with van der Waals surface area (Å²) in [6, 6.07) is 45.5. The molecule has 1 aliphatic carbocycles. The normalized spacial score (nSPS) is 15.6. The van der Waals surface area contributed by atoms with E-state index in [2.05, 4.69) is 146 Å². The van der Waals surface area contributed by atoms with Crippen molar-refractivity contribution in [3.63, 3.8) is 0 Å². The molecule has 0 radical (unpaired) electrons. The predicted molar refractivity (Wildman–Crippen MR) is 175 cm³/mol. The van der Waals surface area contributed by atoms with Crippen LogP contribution in [0.2, 0.25) is 0 Å². The lowest BCUT2D eigenvalue weighted by molar-refractivity contribution is 0.796.